The van der Waals surface area contributed by atoms with E-state index in [-0.39, 0.29) is 24.8 Å². The first-order valence-electron chi connectivity index (χ1n) is 19.0. The molecule has 15 heteroatoms. The van der Waals surface area contributed by atoms with Gasteiger partial charge in [-0.25, -0.2) is 0 Å². The fourth-order valence-corrected chi connectivity index (χ4v) is 9.00. The first kappa shape index (κ1) is 36.7. The van der Waals surface area contributed by atoms with Crippen molar-refractivity contribution in [2.24, 2.45) is 0 Å². The molecule has 1 aromatic heterocycles. The number of hydrogen-bond donors (Lipinski definition) is 2. The zero-order chi connectivity index (χ0) is 38.4. The molecule has 0 radical (unpaired) electrons. The van der Waals surface area contributed by atoms with Crippen molar-refractivity contribution in [2.45, 2.75) is 95.2 Å². The summed E-state index contributed by atoms with van der Waals surface area (Å²) in [6.45, 7) is 3.78. The number of rotatable bonds is 8. The number of benzene rings is 2. The third-order valence-corrected chi connectivity index (χ3v) is 12.3. The highest BCUT2D eigenvalue weighted by Crippen LogP contribution is 2.35. The van der Waals surface area contributed by atoms with E-state index in [4.69, 9.17) is 16.9 Å². The van der Waals surface area contributed by atoms with Crippen molar-refractivity contribution < 1.29 is 24.0 Å². The maximum Gasteiger partial charge on any atom is 0.272 e. The lowest BCUT2D eigenvalue weighted by molar-refractivity contribution is -0.136. The molecular formula is C40H42ClN9O5. The molecule has 2 aromatic carbocycles. The lowest BCUT2D eigenvalue weighted by atomic mass is 9.90. The van der Waals surface area contributed by atoms with Gasteiger partial charge in [0.1, 0.15) is 12.1 Å². The van der Waals surface area contributed by atoms with E-state index < -0.39 is 29.7 Å². The summed E-state index contributed by atoms with van der Waals surface area (Å²) in [6.07, 6.45) is 5.69. The van der Waals surface area contributed by atoms with Gasteiger partial charge in [0.15, 0.2) is 5.69 Å². The molecule has 1 atom stereocenters. The molecule has 55 heavy (non-hydrogen) atoms. The van der Waals surface area contributed by atoms with E-state index in [1.807, 2.05) is 37.4 Å². The second kappa shape index (κ2) is 15.1. The standard InChI is InChI=1S/C40H42ClN9O5/c1-47(30-6-2-23(19-42)33(41)18-30)28-7-3-26(4-8-28)43-37(52)34-9-5-27(45-46-34)22-48-14-12-29(13-15-48)49-20-24-16-31-32(17-25(24)21-49)40(55)50(39(31)54)35-10-11-36(51)44-38(35)53/h2,5-6,9,16-18,26,28-29,35H,3-4,7-8,10-15,20-22H2,1H3,(H,43,52)(H,44,51,53)/t26-,28-,35?. The minimum atomic E-state index is -0.969. The summed E-state index contributed by atoms with van der Waals surface area (Å²) in [6, 6.07) is 14.6. The Morgan fingerprint density at radius 2 is 1.62 bits per heavy atom. The van der Waals surface area contributed by atoms with Gasteiger partial charge in [-0.05, 0) is 98.5 Å². The van der Waals surface area contributed by atoms with Crippen LogP contribution in [0.5, 0.6) is 0 Å². The van der Waals surface area contributed by atoms with Crippen molar-refractivity contribution in [3.63, 3.8) is 0 Å². The molecule has 5 amide bonds. The first-order valence-corrected chi connectivity index (χ1v) is 19.3. The van der Waals surface area contributed by atoms with Gasteiger partial charge < -0.3 is 10.2 Å². The van der Waals surface area contributed by atoms with Gasteiger partial charge in [-0.3, -0.25) is 44.0 Å². The van der Waals surface area contributed by atoms with Crippen LogP contribution in [0.15, 0.2) is 42.5 Å². The number of halogens is 1. The van der Waals surface area contributed by atoms with E-state index in [2.05, 4.69) is 41.6 Å². The third kappa shape index (κ3) is 7.31. The van der Waals surface area contributed by atoms with Crippen molar-refractivity contribution in [1.29, 1.82) is 5.26 Å². The van der Waals surface area contributed by atoms with Gasteiger partial charge in [-0.1, -0.05) is 11.6 Å². The SMILES string of the molecule is CN(c1ccc(C#N)c(Cl)c1)[C@H]1CC[C@H](NC(=O)c2ccc(CN3CCC(N4Cc5cc6c(cc5C4)C(=O)N(C4CCC(=O)NC4=O)C6=O)CC3)nn2)CC1. The Morgan fingerprint density at radius 3 is 2.22 bits per heavy atom. The van der Waals surface area contributed by atoms with Crippen LogP contribution in [-0.2, 0) is 29.2 Å². The largest absolute Gasteiger partial charge is 0.372 e. The van der Waals surface area contributed by atoms with Crippen LogP contribution >= 0.6 is 11.6 Å². The van der Waals surface area contributed by atoms with Crippen LogP contribution in [0.2, 0.25) is 5.02 Å². The Labute approximate surface area is 323 Å². The monoisotopic (exact) mass is 763 g/mol. The molecule has 3 aromatic rings. The zero-order valence-electron chi connectivity index (χ0n) is 30.6. The fourth-order valence-electron chi connectivity index (χ4n) is 8.78. The predicted octanol–water partition coefficient (Wildman–Crippen LogP) is 3.56. The molecule has 3 fully saturated rings. The summed E-state index contributed by atoms with van der Waals surface area (Å²) in [5, 5.41) is 23.7. The molecule has 4 aliphatic heterocycles. The van der Waals surface area contributed by atoms with E-state index >= 15 is 0 Å². The van der Waals surface area contributed by atoms with Crippen LogP contribution < -0.4 is 15.5 Å². The number of fused-ring (bicyclic) bond motifs is 2. The van der Waals surface area contributed by atoms with Crippen LogP contribution in [0.25, 0.3) is 0 Å². The maximum atomic E-state index is 13.3. The number of nitrogens with zero attached hydrogens (tertiary/aromatic N) is 7. The molecule has 0 spiro atoms. The van der Waals surface area contributed by atoms with Gasteiger partial charge in [0.05, 0.1) is 27.4 Å². The molecule has 14 nitrogen and oxygen atoms in total. The van der Waals surface area contributed by atoms with Crippen molar-refractivity contribution in [3.8, 4) is 6.07 Å². The molecule has 2 N–H and O–H groups in total. The number of amides is 5. The molecule has 8 rings (SSSR count). The van der Waals surface area contributed by atoms with E-state index in [1.54, 1.807) is 12.1 Å². The third-order valence-electron chi connectivity index (χ3n) is 12.0. The molecular weight excluding hydrogens is 722 g/mol. The average Bonchev–Trinajstić information content (AvgIpc) is 3.71. The van der Waals surface area contributed by atoms with Crippen LogP contribution in [0.1, 0.15) is 105 Å². The highest BCUT2D eigenvalue weighted by Gasteiger charge is 2.45. The minimum Gasteiger partial charge on any atom is -0.372 e. The minimum absolute atomic E-state index is 0.0640. The predicted molar refractivity (Wildman–Crippen MR) is 201 cm³/mol. The van der Waals surface area contributed by atoms with E-state index in [0.29, 0.717) is 59.1 Å². The molecule has 1 saturated carbocycles. The molecule has 1 unspecified atom stereocenters. The summed E-state index contributed by atoms with van der Waals surface area (Å²) in [4.78, 5) is 71.7. The quantitative estimate of drug-likeness (QED) is 0.322. The number of carbonyl (C=O) groups excluding carboxylic acids is 5. The Kier molecular flexibility index (Phi) is 10.1. The molecule has 1 aliphatic carbocycles. The number of hydrogen-bond acceptors (Lipinski definition) is 11. The van der Waals surface area contributed by atoms with Crippen LogP contribution in [0, 0.1) is 11.3 Å². The van der Waals surface area contributed by atoms with E-state index in [1.165, 1.54) is 0 Å². The number of nitriles is 1. The van der Waals surface area contributed by atoms with Crippen molar-refractivity contribution >= 4 is 46.8 Å². The van der Waals surface area contributed by atoms with Gasteiger partial charge >= 0.3 is 0 Å². The summed E-state index contributed by atoms with van der Waals surface area (Å²) < 4.78 is 0. The number of carbonyl (C=O) groups is 5. The van der Waals surface area contributed by atoms with Gasteiger partial charge in [0.2, 0.25) is 11.8 Å². The van der Waals surface area contributed by atoms with Gasteiger partial charge in [-0.15, -0.1) is 5.10 Å². The number of likely N-dealkylation sites (tertiary alicyclic amines) is 1. The summed E-state index contributed by atoms with van der Waals surface area (Å²) in [5.74, 6) is -2.17. The molecule has 0 bridgehead atoms. The summed E-state index contributed by atoms with van der Waals surface area (Å²) >= 11 is 6.25. The Balaban J connectivity index is 0.784. The lowest BCUT2D eigenvalue weighted by Crippen LogP contribution is -2.54. The maximum absolute atomic E-state index is 13.3. The van der Waals surface area contributed by atoms with Crippen molar-refractivity contribution in [1.82, 2.24) is 35.5 Å². The lowest BCUT2D eigenvalue weighted by Gasteiger charge is -2.36. The average molecular weight is 764 g/mol. The zero-order valence-corrected chi connectivity index (χ0v) is 31.3. The van der Waals surface area contributed by atoms with Crippen molar-refractivity contribution in [2.75, 3.05) is 25.0 Å². The van der Waals surface area contributed by atoms with E-state index in [0.717, 1.165) is 79.0 Å². The Hall–Kier alpha value is -5.23. The van der Waals surface area contributed by atoms with Crippen LogP contribution in [0.4, 0.5) is 5.69 Å². The Bertz CT molecular complexity index is 2060. The first-order chi connectivity index (χ1) is 26.6. The number of nitrogens with one attached hydrogen (secondary N) is 2. The summed E-state index contributed by atoms with van der Waals surface area (Å²) in [5.41, 5.74) is 5.26. The fraction of sp³-hybridized carbons (Fsp3) is 0.450. The Morgan fingerprint density at radius 1 is 0.927 bits per heavy atom. The van der Waals surface area contributed by atoms with Gasteiger partial charge in [-0.2, -0.15) is 10.4 Å². The topological polar surface area (TPSA) is 172 Å². The second-order valence-corrected chi connectivity index (χ2v) is 15.7. The highest BCUT2D eigenvalue weighted by molar-refractivity contribution is 6.32. The number of imide groups is 2. The highest BCUT2D eigenvalue weighted by atomic mass is 35.5. The normalized spacial score (nSPS) is 23.3. The van der Waals surface area contributed by atoms with Crippen LogP contribution in [0.3, 0.4) is 0 Å². The van der Waals surface area contributed by atoms with Gasteiger partial charge in [0, 0.05) is 70.0 Å². The van der Waals surface area contributed by atoms with Gasteiger partial charge in [0.25, 0.3) is 17.7 Å². The molecule has 5 aliphatic rings. The number of aromatic nitrogens is 2. The second-order valence-electron chi connectivity index (χ2n) is 15.3. The van der Waals surface area contributed by atoms with Crippen molar-refractivity contribution in [3.05, 3.63) is 86.7 Å². The van der Waals surface area contributed by atoms with E-state index in [9.17, 15) is 24.0 Å². The number of piperidine rings is 2. The number of anilines is 1. The van der Waals surface area contributed by atoms with Crippen LogP contribution in [-0.4, -0.2) is 98.7 Å². The molecule has 284 valence electrons. The molecule has 2 saturated heterocycles. The molecule has 5 heterocycles. The smallest absolute Gasteiger partial charge is 0.272 e. The summed E-state index contributed by atoms with van der Waals surface area (Å²) in [7, 11) is 2.04.